The Balaban J connectivity index is 2.63. The molecule has 1 amide bonds. The molecule has 1 atom stereocenters. The molecule has 1 unspecified atom stereocenters. The largest absolute Gasteiger partial charge is 0.416 e. The first-order valence-electron chi connectivity index (χ1n) is 6.39. The van der Waals surface area contributed by atoms with Gasteiger partial charge in [0, 0.05) is 19.6 Å². The number of halogens is 3. The van der Waals surface area contributed by atoms with Gasteiger partial charge in [0.25, 0.3) is 0 Å². The average molecular weight is 289 g/mol. The standard InChI is InChI=1S/C14H18F3NO2/c1-10(8-13(20)18-6-3-7-19)11-4-2-5-12(9-11)14(15,16)17/h2,4-5,9-10,19H,3,6-8H2,1H3,(H,18,20). The molecule has 20 heavy (non-hydrogen) atoms. The van der Waals surface area contributed by atoms with E-state index in [9.17, 15) is 18.0 Å². The zero-order chi connectivity index (χ0) is 15.2. The third kappa shape index (κ3) is 5.21. The highest BCUT2D eigenvalue weighted by molar-refractivity contribution is 5.76. The van der Waals surface area contributed by atoms with E-state index < -0.39 is 11.7 Å². The number of hydrogen-bond donors (Lipinski definition) is 2. The van der Waals surface area contributed by atoms with Gasteiger partial charge in [-0.1, -0.05) is 25.1 Å². The summed E-state index contributed by atoms with van der Waals surface area (Å²) in [6.07, 6.45) is -3.80. The highest BCUT2D eigenvalue weighted by Gasteiger charge is 2.30. The van der Waals surface area contributed by atoms with Gasteiger partial charge in [-0.2, -0.15) is 13.2 Å². The van der Waals surface area contributed by atoms with Gasteiger partial charge in [0.05, 0.1) is 5.56 Å². The minimum Gasteiger partial charge on any atom is -0.396 e. The van der Waals surface area contributed by atoms with Crippen molar-refractivity contribution in [2.45, 2.75) is 31.9 Å². The first-order chi connectivity index (χ1) is 9.34. The van der Waals surface area contributed by atoms with Crippen LogP contribution in [0.5, 0.6) is 0 Å². The van der Waals surface area contributed by atoms with Gasteiger partial charge in [-0.25, -0.2) is 0 Å². The summed E-state index contributed by atoms with van der Waals surface area (Å²) in [5.41, 5.74) is -0.223. The van der Waals surface area contributed by atoms with Crippen molar-refractivity contribution in [3.8, 4) is 0 Å². The van der Waals surface area contributed by atoms with Crippen LogP contribution in [-0.4, -0.2) is 24.2 Å². The summed E-state index contributed by atoms with van der Waals surface area (Å²) in [5.74, 6) is -0.533. The van der Waals surface area contributed by atoms with Crippen LogP contribution in [0.15, 0.2) is 24.3 Å². The van der Waals surface area contributed by atoms with E-state index in [4.69, 9.17) is 5.11 Å². The number of aliphatic hydroxyl groups is 1. The zero-order valence-electron chi connectivity index (χ0n) is 11.2. The fraction of sp³-hybridized carbons (Fsp3) is 0.500. The molecule has 0 bridgehead atoms. The summed E-state index contributed by atoms with van der Waals surface area (Å²) in [5, 5.41) is 11.2. The maximum absolute atomic E-state index is 12.6. The van der Waals surface area contributed by atoms with Crippen LogP contribution in [0.4, 0.5) is 13.2 Å². The van der Waals surface area contributed by atoms with E-state index in [-0.39, 0.29) is 24.9 Å². The van der Waals surface area contributed by atoms with Crippen molar-refractivity contribution >= 4 is 5.91 Å². The quantitative estimate of drug-likeness (QED) is 0.791. The Morgan fingerprint density at radius 1 is 1.40 bits per heavy atom. The number of benzene rings is 1. The topological polar surface area (TPSA) is 49.3 Å². The molecule has 0 fully saturated rings. The van der Waals surface area contributed by atoms with Gasteiger partial charge in [-0.15, -0.1) is 0 Å². The Labute approximate surface area is 115 Å². The van der Waals surface area contributed by atoms with Gasteiger partial charge >= 0.3 is 6.18 Å². The first-order valence-corrected chi connectivity index (χ1v) is 6.39. The molecule has 0 radical (unpaired) electrons. The van der Waals surface area contributed by atoms with Gasteiger partial charge in [-0.05, 0) is 24.0 Å². The smallest absolute Gasteiger partial charge is 0.396 e. The molecule has 0 aliphatic rings. The summed E-state index contributed by atoms with van der Waals surface area (Å²) in [4.78, 5) is 11.6. The van der Waals surface area contributed by atoms with Crippen molar-refractivity contribution in [1.29, 1.82) is 0 Å². The van der Waals surface area contributed by atoms with Crippen LogP contribution in [0.1, 0.15) is 36.8 Å². The lowest BCUT2D eigenvalue weighted by Crippen LogP contribution is -2.26. The summed E-state index contributed by atoms with van der Waals surface area (Å²) in [6.45, 7) is 2.06. The Hall–Kier alpha value is -1.56. The number of hydrogen-bond acceptors (Lipinski definition) is 2. The highest BCUT2D eigenvalue weighted by Crippen LogP contribution is 2.31. The molecule has 0 spiro atoms. The molecule has 6 heteroatoms. The minimum atomic E-state index is -4.38. The second kappa shape index (κ2) is 7.28. The van der Waals surface area contributed by atoms with Gasteiger partial charge in [0.2, 0.25) is 5.91 Å². The Bertz CT molecular complexity index is 446. The van der Waals surface area contributed by atoms with Crippen LogP contribution >= 0.6 is 0 Å². The maximum atomic E-state index is 12.6. The zero-order valence-corrected chi connectivity index (χ0v) is 11.2. The molecule has 112 valence electrons. The molecule has 0 aliphatic carbocycles. The predicted octanol–water partition coefficient (Wildman–Crippen LogP) is 2.70. The number of carbonyl (C=O) groups is 1. The van der Waals surface area contributed by atoms with Gasteiger partial charge in [-0.3, -0.25) is 4.79 Å². The summed E-state index contributed by atoms with van der Waals surface area (Å²) < 4.78 is 37.8. The van der Waals surface area contributed by atoms with E-state index in [1.807, 2.05) is 0 Å². The molecule has 1 aromatic rings. The van der Waals surface area contributed by atoms with Crippen molar-refractivity contribution in [3.63, 3.8) is 0 Å². The fourth-order valence-corrected chi connectivity index (χ4v) is 1.80. The summed E-state index contributed by atoms with van der Waals surface area (Å²) >= 11 is 0. The van der Waals surface area contributed by atoms with E-state index in [2.05, 4.69) is 5.32 Å². The predicted molar refractivity (Wildman–Crippen MR) is 69.2 cm³/mol. The molecule has 3 nitrogen and oxygen atoms in total. The fourth-order valence-electron chi connectivity index (χ4n) is 1.80. The van der Waals surface area contributed by atoms with Crippen LogP contribution in [-0.2, 0) is 11.0 Å². The van der Waals surface area contributed by atoms with Crippen LogP contribution in [0.2, 0.25) is 0 Å². The van der Waals surface area contributed by atoms with Gasteiger partial charge in [0.1, 0.15) is 0 Å². The van der Waals surface area contributed by atoms with Crippen molar-refractivity contribution in [2.75, 3.05) is 13.2 Å². The Morgan fingerprint density at radius 3 is 2.70 bits per heavy atom. The second-order valence-corrected chi connectivity index (χ2v) is 4.66. The number of carbonyl (C=O) groups excluding carboxylic acids is 1. The normalized spacial score (nSPS) is 13.1. The van der Waals surface area contributed by atoms with E-state index in [1.165, 1.54) is 6.07 Å². The number of alkyl halides is 3. The summed E-state index contributed by atoms with van der Waals surface area (Å²) in [7, 11) is 0. The van der Waals surface area contributed by atoms with Crippen LogP contribution in [0.25, 0.3) is 0 Å². The lowest BCUT2D eigenvalue weighted by Gasteiger charge is -2.14. The van der Waals surface area contributed by atoms with Gasteiger partial charge < -0.3 is 10.4 Å². The number of rotatable bonds is 6. The maximum Gasteiger partial charge on any atom is 0.416 e. The highest BCUT2D eigenvalue weighted by atomic mass is 19.4. The lowest BCUT2D eigenvalue weighted by atomic mass is 9.95. The van der Waals surface area contributed by atoms with E-state index >= 15 is 0 Å². The molecule has 0 saturated heterocycles. The molecule has 0 saturated carbocycles. The monoisotopic (exact) mass is 289 g/mol. The molecule has 2 N–H and O–H groups in total. The molecule has 0 aromatic heterocycles. The van der Waals surface area contributed by atoms with Crippen molar-refractivity contribution in [2.24, 2.45) is 0 Å². The van der Waals surface area contributed by atoms with Crippen LogP contribution in [0, 0.1) is 0 Å². The molecule has 0 aliphatic heterocycles. The van der Waals surface area contributed by atoms with E-state index in [1.54, 1.807) is 13.0 Å². The SMILES string of the molecule is CC(CC(=O)NCCCO)c1cccc(C(F)(F)F)c1. The molecule has 1 aromatic carbocycles. The van der Waals surface area contributed by atoms with E-state index in [0.29, 0.717) is 18.5 Å². The number of nitrogens with one attached hydrogen (secondary N) is 1. The molecule has 1 rings (SSSR count). The molecular formula is C14H18F3NO2. The minimum absolute atomic E-state index is 0.0105. The molecular weight excluding hydrogens is 271 g/mol. The van der Waals surface area contributed by atoms with Crippen molar-refractivity contribution in [1.82, 2.24) is 5.32 Å². The van der Waals surface area contributed by atoms with Crippen LogP contribution < -0.4 is 5.32 Å². The van der Waals surface area contributed by atoms with Crippen LogP contribution in [0.3, 0.4) is 0 Å². The number of aliphatic hydroxyl groups excluding tert-OH is 1. The van der Waals surface area contributed by atoms with E-state index in [0.717, 1.165) is 12.1 Å². The third-order valence-corrected chi connectivity index (χ3v) is 2.93. The Kier molecular flexibility index (Phi) is 6.01. The molecule has 0 heterocycles. The second-order valence-electron chi connectivity index (χ2n) is 4.66. The Morgan fingerprint density at radius 2 is 2.10 bits per heavy atom. The van der Waals surface area contributed by atoms with Gasteiger partial charge in [0.15, 0.2) is 0 Å². The third-order valence-electron chi connectivity index (χ3n) is 2.93. The van der Waals surface area contributed by atoms with Crippen molar-refractivity contribution < 1.29 is 23.1 Å². The first kappa shape index (κ1) is 16.5. The summed E-state index contributed by atoms with van der Waals surface area (Å²) in [6, 6.07) is 5.02. The van der Waals surface area contributed by atoms with Crippen molar-refractivity contribution in [3.05, 3.63) is 35.4 Å². The average Bonchev–Trinajstić information content (AvgIpc) is 2.38. The lowest BCUT2D eigenvalue weighted by molar-refractivity contribution is -0.137. The number of amides is 1.